The smallest absolute Gasteiger partial charge is 0.150 e. The van der Waals surface area contributed by atoms with E-state index in [0.717, 1.165) is 22.9 Å². The van der Waals surface area contributed by atoms with Crippen molar-refractivity contribution in [1.82, 2.24) is 5.32 Å². The van der Waals surface area contributed by atoms with Crippen LogP contribution >= 0.6 is 27.5 Å². The van der Waals surface area contributed by atoms with E-state index in [2.05, 4.69) is 63.7 Å². The first-order valence-electron chi connectivity index (χ1n) is 8.24. The standard InChI is InChI=1S/C14H14BrN.C8H7ClO/c1-16-10-13-9-12(7-8-14(13)15)11-5-3-2-4-6-11;1-6-2-7(5-10)4-8(9)3-6/h2-9,16H,10H2,1H3;2-5H,1H3. The van der Waals surface area contributed by atoms with Crippen molar-refractivity contribution in [3.8, 4) is 11.1 Å². The molecule has 0 amide bonds. The molecule has 0 radical (unpaired) electrons. The van der Waals surface area contributed by atoms with E-state index in [1.54, 1.807) is 12.1 Å². The van der Waals surface area contributed by atoms with E-state index in [4.69, 9.17) is 11.6 Å². The van der Waals surface area contributed by atoms with Crippen molar-refractivity contribution in [3.05, 3.63) is 92.9 Å². The highest BCUT2D eigenvalue weighted by molar-refractivity contribution is 9.10. The molecule has 0 bridgehead atoms. The maximum Gasteiger partial charge on any atom is 0.150 e. The van der Waals surface area contributed by atoms with Crippen LogP contribution in [0.2, 0.25) is 5.02 Å². The summed E-state index contributed by atoms with van der Waals surface area (Å²) in [5.74, 6) is 0. The number of aldehydes is 1. The van der Waals surface area contributed by atoms with Gasteiger partial charge >= 0.3 is 0 Å². The van der Waals surface area contributed by atoms with E-state index in [1.165, 1.54) is 16.7 Å². The minimum atomic E-state index is 0.613. The van der Waals surface area contributed by atoms with Crippen LogP contribution in [0.3, 0.4) is 0 Å². The first kappa shape index (κ1) is 20.4. The molecule has 0 aliphatic rings. The number of aryl methyl sites for hydroxylation is 1. The van der Waals surface area contributed by atoms with Gasteiger partial charge < -0.3 is 5.32 Å². The second kappa shape index (κ2) is 10.3. The fraction of sp³-hybridized carbons (Fsp3) is 0.136. The number of hydrogen-bond acceptors (Lipinski definition) is 2. The summed E-state index contributed by atoms with van der Waals surface area (Å²) >= 11 is 9.23. The van der Waals surface area contributed by atoms with Gasteiger partial charge in [0, 0.05) is 21.6 Å². The number of carbonyl (C=O) groups is 1. The average Bonchev–Trinajstić information content (AvgIpc) is 2.64. The van der Waals surface area contributed by atoms with E-state index < -0.39 is 0 Å². The molecule has 3 aromatic carbocycles. The molecule has 0 saturated heterocycles. The molecular weight excluding hydrogens is 410 g/mol. The maximum atomic E-state index is 10.3. The molecule has 1 N–H and O–H groups in total. The normalized spacial score (nSPS) is 10.0. The Kier molecular flexibility index (Phi) is 8.05. The number of hydrogen-bond donors (Lipinski definition) is 1. The van der Waals surface area contributed by atoms with Crippen LogP contribution in [-0.4, -0.2) is 13.3 Å². The zero-order valence-electron chi connectivity index (χ0n) is 14.8. The summed E-state index contributed by atoms with van der Waals surface area (Å²) < 4.78 is 1.15. The molecule has 0 aromatic heterocycles. The van der Waals surface area contributed by atoms with E-state index in [0.29, 0.717) is 10.6 Å². The molecule has 0 unspecified atom stereocenters. The number of benzene rings is 3. The average molecular weight is 431 g/mol. The zero-order chi connectivity index (χ0) is 18.9. The largest absolute Gasteiger partial charge is 0.316 e. The van der Waals surface area contributed by atoms with Crippen LogP contribution in [0.1, 0.15) is 21.5 Å². The van der Waals surface area contributed by atoms with Crippen LogP contribution in [0.5, 0.6) is 0 Å². The van der Waals surface area contributed by atoms with E-state index in [1.807, 2.05) is 26.1 Å². The Morgan fingerprint density at radius 1 is 1.00 bits per heavy atom. The molecule has 4 heteroatoms. The lowest BCUT2D eigenvalue weighted by atomic mass is 10.0. The topological polar surface area (TPSA) is 29.1 Å². The van der Waals surface area contributed by atoms with Crippen molar-refractivity contribution >= 4 is 33.8 Å². The summed E-state index contributed by atoms with van der Waals surface area (Å²) in [5, 5.41) is 3.79. The Hall–Kier alpha value is -1.94. The second-order valence-corrected chi connectivity index (χ2v) is 7.17. The van der Waals surface area contributed by atoms with Crippen LogP contribution in [-0.2, 0) is 6.54 Å². The quantitative estimate of drug-likeness (QED) is 0.492. The molecule has 0 aliphatic carbocycles. The fourth-order valence-corrected chi connectivity index (χ4v) is 3.23. The number of halogens is 2. The van der Waals surface area contributed by atoms with Gasteiger partial charge in [0.15, 0.2) is 0 Å². The molecule has 2 nitrogen and oxygen atoms in total. The van der Waals surface area contributed by atoms with Crippen molar-refractivity contribution in [2.24, 2.45) is 0 Å². The summed E-state index contributed by atoms with van der Waals surface area (Å²) in [6.07, 6.45) is 0.791. The van der Waals surface area contributed by atoms with Crippen molar-refractivity contribution in [1.29, 1.82) is 0 Å². The van der Waals surface area contributed by atoms with E-state index in [-0.39, 0.29) is 0 Å². The van der Waals surface area contributed by atoms with Gasteiger partial charge in [-0.05, 0) is 66.6 Å². The van der Waals surface area contributed by atoms with Gasteiger partial charge in [-0.3, -0.25) is 4.79 Å². The Labute approximate surface area is 168 Å². The summed E-state index contributed by atoms with van der Waals surface area (Å²) in [6, 6.07) is 22.1. The first-order valence-corrected chi connectivity index (χ1v) is 9.41. The third-order valence-corrected chi connectivity index (χ3v) is 4.71. The number of nitrogens with one attached hydrogen (secondary N) is 1. The van der Waals surface area contributed by atoms with Crippen molar-refractivity contribution in [2.75, 3.05) is 7.05 Å². The van der Waals surface area contributed by atoms with Crippen LogP contribution in [0.25, 0.3) is 11.1 Å². The van der Waals surface area contributed by atoms with Gasteiger partial charge in [0.25, 0.3) is 0 Å². The predicted molar refractivity (Wildman–Crippen MR) is 114 cm³/mol. The molecule has 0 fully saturated rings. The number of rotatable bonds is 4. The van der Waals surface area contributed by atoms with Crippen LogP contribution < -0.4 is 5.32 Å². The second-order valence-electron chi connectivity index (χ2n) is 5.88. The van der Waals surface area contributed by atoms with Gasteiger partial charge in [0.2, 0.25) is 0 Å². The van der Waals surface area contributed by atoms with Crippen molar-refractivity contribution in [2.45, 2.75) is 13.5 Å². The van der Waals surface area contributed by atoms with Gasteiger partial charge in [-0.25, -0.2) is 0 Å². The Morgan fingerprint density at radius 2 is 1.73 bits per heavy atom. The minimum absolute atomic E-state index is 0.613. The Morgan fingerprint density at radius 3 is 2.35 bits per heavy atom. The first-order chi connectivity index (χ1) is 12.5. The third-order valence-electron chi connectivity index (χ3n) is 3.72. The molecule has 0 atom stereocenters. The summed E-state index contributed by atoms with van der Waals surface area (Å²) in [7, 11) is 1.96. The highest BCUT2D eigenvalue weighted by Gasteiger charge is 2.02. The van der Waals surface area contributed by atoms with Crippen molar-refractivity contribution in [3.63, 3.8) is 0 Å². The van der Waals surface area contributed by atoms with Crippen LogP contribution in [0.15, 0.2) is 71.2 Å². The van der Waals surface area contributed by atoms with Gasteiger partial charge in [-0.15, -0.1) is 0 Å². The molecule has 0 spiro atoms. The Balaban J connectivity index is 0.000000209. The molecule has 0 aliphatic heterocycles. The number of carbonyl (C=O) groups excluding carboxylic acids is 1. The molecule has 3 aromatic rings. The molecule has 26 heavy (non-hydrogen) atoms. The lowest BCUT2D eigenvalue weighted by Gasteiger charge is -2.07. The van der Waals surface area contributed by atoms with Gasteiger partial charge in [-0.1, -0.05) is 63.9 Å². The van der Waals surface area contributed by atoms with Crippen LogP contribution in [0, 0.1) is 6.92 Å². The summed E-state index contributed by atoms with van der Waals surface area (Å²) in [6.45, 7) is 2.78. The summed E-state index contributed by atoms with van der Waals surface area (Å²) in [5.41, 5.74) is 5.44. The third kappa shape index (κ3) is 6.10. The van der Waals surface area contributed by atoms with Crippen LogP contribution in [0.4, 0.5) is 0 Å². The fourth-order valence-electron chi connectivity index (χ4n) is 2.54. The lowest BCUT2D eigenvalue weighted by molar-refractivity contribution is 0.112. The zero-order valence-corrected chi connectivity index (χ0v) is 17.1. The lowest BCUT2D eigenvalue weighted by Crippen LogP contribution is -2.05. The molecular formula is C22H21BrClNO. The molecule has 0 heterocycles. The van der Waals surface area contributed by atoms with Gasteiger partial charge in [-0.2, -0.15) is 0 Å². The monoisotopic (exact) mass is 429 g/mol. The molecule has 0 saturated carbocycles. The molecule has 134 valence electrons. The molecule has 3 rings (SSSR count). The minimum Gasteiger partial charge on any atom is -0.316 e. The predicted octanol–water partition coefficient (Wildman–Crippen LogP) is 6.30. The Bertz CT molecular complexity index is 845. The maximum absolute atomic E-state index is 10.3. The van der Waals surface area contributed by atoms with E-state index >= 15 is 0 Å². The van der Waals surface area contributed by atoms with Gasteiger partial charge in [0.05, 0.1) is 0 Å². The van der Waals surface area contributed by atoms with Crippen molar-refractivity contribution < 1.29 is 4.79 Å². The summed E-state index contributed by atoms with van der Waals surface area (Å²) in [4.78, 5) is 10.3. The van der Waals surface area contributed by atoms with E-state index in [9.17, 15) is 4.79 Å². The SMILES string of the molecule is CNCc1cc(-c2ccccc2)ccc1Br.Cc1cc(Cl)cc(C=O)c1. The highest BCUT2D eigenvalue weighted by atomic mass is 79.9. The van der Waals surface area contributed by atoms with Gasteiger partial charge in [0.1, 0.15) is 6.29 Å². The highest BCUT2D eigenvalue weighted by Crippen LogP contribution is 2.25.